The minimum atomic E-state index is -0.418. The Labute approximate surface area is 115 Å². The molecule has 0 saturated carbocycles. The van der Waals surface area contributed by atoms with Crippen LogP contribution in [0.5, 0.6) is 5.75 Å². The molecule has 1 aliphatic rings. The van der Waals surface area contributed by atoms with E-state index in [-0.39, 0.29) is 5.69 Å². The van der Waals surface area contributed by atoms with Crippen LogP contribution >= 0.6 is 0 Å². The van der Waals surface area contributed by atoms with E-state index in [4.69, 9.17) is 4.74 Å². The predicted octanol–water partition coefficient (Wildman–Crippen LogP) is 2.13. The van der Waals surface area contributed by atoms with Gasteiger partial charge in [0.05, 0.1) is 11.5 Å². The maximum absolute atomic E-state index is 11.0. The van der Waals surface area contributed by atoms with Gasteiger partial charge in [-0.3, -0.25) is 10.1 Å². The summed E-state index contributed by atoms with van der Waals surface area (Å²) in [5, 5.41) is 14.9. The van der Waals surface area contributed by atoms with E-state index in [1.807, 2.05) is 0 Å². The fourth-order valence-corrected chi connectivity index (χ4v) is 2.29. The highest BCUT2D eigenvalue weighted by Crippen LogP contribution is 2.31. The minimum absolute atomic E-state index is 0.0103. The van der Waals surface area contributed by atoms with Crippen molar-refractivity contribution in [3.8, 4) is 5.75 Å². The van der Waals surface area contributed by atoms with Gasteiger partial charge in [-0.2, -0.15) is 0 Å². The van der Waals surface area contributed by atoms with E-state index in [1.54, 1.807) is 24.4 Å². The fraction of sp³-hybridized carbons (Fsp3) is 0.357. The second-order valence-electron chi connectivity index (χ2n) is 4.90. The first-order valence-electron chi connectivity index (χ1n) is 6.61. The molecular weight excluding hydrogens is 258 g/mol. The molecule has 1 saturated heterocycles. The first-order valence-corrected chi connectivity index (χ1v) is 6.61. The number of benzene rings is 1. The third kappa shape index (κ3) is 2.42. The summed E-state index contributed by atoms with van der Waals surface area (Å²) in [5.41, 5.74) is 0.386. The number of rotatable bonds is 5. The molecule has 1 aliphatic heterocycles. The van der Waals surface area contributed by atoms with Crippen molar-refractivity contribution < 1.29 is 9.66 Å². The third-order valence-corrected chi connectivity index (χ3v) is 3.55. The van der Waals surface area contributed by atoms with Crippen molar-refractivity contribution in [2.45, 2.75) is 6.42 Å². The minimum Gasteiger partial charge on any atom is -0.493 e. The molecule has 0 atom stereocenters. The van der Waals surface area contributed by atoms with E-state index in [0.29, 0.717) is 29.2 Å². The maximum Gasteiger partial charge on any atom is 0.295 e. The Morgan fingerprint density at radius 2 is 2.25 bits per heavy atom. The Morgan fingerprint density at radius 1 is 1.40 bits per heavy atom. The zero-order valence-corrected chi connectivity index (χ0v) is 10.9. The van der Waals surface area contributed by atoms with Crippen LogP contribution < -0.4 is 10.1 Å². The summed E-state index contributed by atoms with van der Waals surface area (Å²) in [4.78, 5) is 14.7. The molecule has 3 rings (SSSR count). The van der Waals surface area contributed by atoms with Crippen LogP contribution in [0.2, 0.25) is 0 Å². The summed E-state index contributed by atoms with van der Waals surface area (Å²) in [6.45, 7) is 2.71. The summed E-state index contributed by atoms with van der Waals surface area (Å²) in [6.07, 6.45) is 2.55. The van der Waals surface area contributed by atoms with Crippen LogP contribution in [-0.2, 0) is 0 Å². The Morgan fingerprint density at radius 3 is 2.95 bits per heavy atom. The van der Waals surface area contributed by atoms with Crippen molar-refractivity contribution in [2.75, 3.05) is 19.7 Å². The van der Waals surface area contributed by atoms with Gasteiger partial charge in [0.25, 0.3) is 5.69 Å². The number of aromatic nitrogens is 1. The fourth-order valence-electron chi connectivity index (χ4n) is 2.29. The molecular formula is C14H15N3O3. The summed E-state index contributed by atoms with van der Waals surface area (Å²) < 4.78 is 5.77. The van der Waals surface area contributed by atoms with Gasteiger partial charge in [0.15, 0.2) is 5.52 Å². The molecule has 2 aromatic rings. The lowest BCUT2D eigenvalue weighted by Crippen LogP contribution is -2.42. The van der Waals surface area contributed by atoms with Crippen LogP contribution in [0.15, 0.2) is 30.5 Å². The van der Waals surface area contributed by atoms with Crippen LogP contribution in [0.4, 0.5) is 5.69 Å². The number of hydrogen-bond donors (Lipinski definition) is 1. The number of non-ortho nitro benzene ring substituents is 1. The molecule has 6 nitrogen and oxygen atoms in total. The maximum atomic E-state index is 11.0. The summed E-state index contributed by atoms with van der Waals surface area (Å²) in [5.74, 6) is 1.34. The first kappa shape index (κ1) is 12.8. The SMILES string of the molecule is O=[N+]([O-])c1ccc(OCCC2CNC2)c2cccnc12. The Balaban J connectivity index is 1.83. The van der Waals surface area contributed by atoms with Gasteiger partial charge in [0.1, 0.15) is 5.75 Å². The summed E-state index contributed by atoms with van der Waals surface area (Å²) in [7, 11) is 0. The van der Waals surface area contributed by atoms with E-state index in [9.17, 15) is 10.1 Å². The van der Waals surface area contributed by atoms with Gasteiger partial charge in [0, 0.05) is 17.6 Å². The highest BCUT2D eigenvalue weighted by Gasteiger charge is 2.18. The van der Waals surface area contributed by atoms with Crippen molar-refractivity contribution in [3.63, 3.8) is 0 Å². The highest BCUT2D eigenvalue weighted by atomic mass is 16.6. The molecule has 1 N–H and O–H groups in total. The molecule has 20 heavy (non-hydrogen) atoms. The van der Waals surface area contributed by atoms with E-state index in [1.165, 1.54) is 6.07 Å². The average Bonchev–Trinajstić information content (AvgIpc) is 2.41. The van der Waals surface area contributed by atoms with Gasteiger partial charge < -0.3 is 10.1 Å². The number of nitrogens with zero attached hydrogens (tertiary/aromatic N) is 2. The molecule has 0 unspecified atom stereocenters. The molecule has 0 amide bonds. The number of nitrogens with one attached hydrogen (secondary N) is 1. The topological polar surface area (TPSA) is 77.3 Å². The number of pyridine rings is 1. The molecule has 0 bridgehead atoms. The molecule has 1 fully saturated rings. The Hall–Kier alpha value is -2.21. The molecule has 2 heterocycles. The summed E-state index contributed by atoms with van der Waals surface area (Å²) in [6, 6.07) is 6.67. The van der Waals surface area contributed by atoms with Gasteiger partial charge in [0.2, 0.25) is 0 Å². The normalized spacial score (nSPS) is 15.0. The Bertz CT molecular complexity index is 641. The van der Waals surface area contributed by atoms with E-state index in [2.05, 4.69) is 10.3 Å². The predicted molar refractivity (Wildman–Crippen MR) is 74.9 cm³/mol. The molecule has 104 valence electrons. The van der Waals surface area contributed by atoms with Crippen LogP contribution in [0.3, 0.4) is 0 Å². The van der Waals surface area contributed by atoms with Gasteiger partial charge in [-0.15, -0.1) is 0 Å². The lowest BCUT2D eigenvalue weighted by molar-refractivity contribution is -0.383. The zero-order chi connectivity index (χ0) is 13.9. The monoisotopic (exact) mass is 273 g/mol. The van der Waals surface area contributed by atoms with Gasteiger partial charge in [-0.25, -0.2) is 4.98 Å². The van der Waals surface area contributed by atoms with Crippen molar-refractivity contribution >= 4 is 16.6 Å². The number of hydrogen-bond acceptors (Lipinski definition) is 5. The van der Waals surface area contributed by atoms with Crippen LogP contribution in [0.1, 0.15) is 6.42 Å². The molecule has 1 aromatic heterocycles. The van der Waals surface area contributed by atoms with Crippen LogP contribution in [0, 0.1) is 16.0 Å². The second kappa shape index (κ2) is 5.42. The van der Waals surface area contributed by atoms with Gasteiger partial charge in [-0.05, 0) is 43.6 Å². The van der Waals surface area contributed by atoms with E-state index < -0.39 is 4.92 Å². The van der Waals surface area contributed by atoms with Crippen molar-refractivity contribution in [2.24, 2.45) is 5.92 Å². The number of nitro groups is 1. The highest BCUT2D eigenvalue weighted by molar-refractivity contribution is 5.91. The van der Waals surface area contributed by atoms with Crippen molar-refractivity contribution in [1.29, 1.82) is 0 Å². The molecule has 0 aliphatic carbocycles. The van der Waals surface area contributed by atoms with Crippen molar-refractivity contribution in [3.05, 3.63) is 40.6 Å². The molecule has 0 radical (unpaired) electrons. The summed E-state index contributed by atoms with van der Waals surface area (Å²) >= 11 is 0. The number of ether oxygens (including phenoxy) is 1. The molecule has 0 spiro atoms. The molecule has 1 aromatic carbocycles. The van der Waals surface area contributed by atoms with Crippen LogP contribution in [-0.4, -0.2) is 29.6 Å². The number of fused-ring (bicyclic) bond motifs is 1. The van der Waals surface area contributed by atoms with E-state index in [0.717, 1.165) is 19.5 Å². The van der Waals surface area contributed by atoms with Crippen molar-refractivity contribution in [1.82, 2.24) is 10.3 Å². The molecule has 6 heteroatoms. The average molecular weight is 273 g/mol. The second-order valence-corrected chi connectivity index (χ2v) is 4.90. The first-order chi connectivity index (χ1) is 9.75. The van der Waals surface area contributed by atoms with Gasteiger partial charge in [-0.1, -0.05) is 0 Å². The largest absolute Gasteiger partial charge is 0.493 e. The van der Waals surface area contributed by atoms with E-state index >= 15 is 0 Å². The number of nitro benzene ring substituents is 1. The lowest BCUT2D eigenvalue weighted by atomic mass is 10.0. The third-order valence-electron chi connectivity index (χ3n) is 3.55. The quantitative estimate of drug-likeness (QED) is 0.667. The zero-order valence-electron chi connectivity index (χ0n) is 10.9. The standard InChI is InChI=1S/C14H15N3O3/c18-17(19)12-3-4-13(11-2-1-6-16-14(11)12)20-7-5-10-8-15-9-10/h1-4,6,10,15H,5,7-9H2. The van der Waals surface area contributed by atoms with Gasteiger partial charge >= 0.3 is 0 Å². The lowest BCUT2D eigenvalue weighted by Gasteiger charge is -2.26. The Kier molecular flexibility index (Phi) is 3.47. The van der Waals surface area contributed by atoms with Crippen LogP contribution in [0.25, 0.3) is 10.9 Å². The smallest absolute Gasteiger partial charge is 0.295 e.